The van der Waals surface area contributed by atoms with Gasteiger partial charge in [0.15, 0.2) is 5.52 Å². The third-order valence-corrected chi connectivity index (χ3v) is 1.35. The summed E-state index contributed by atoms with van der Waals surface area (Å²) in [5.41, 5.74) is 0.418. The van der Waals surface area contributed by atoms with Gasteiger partial charge in [0.1, 0.15) is 6.67 Å². The summed E-state index contributed by atoms with van der Waals surface area (Å²) in [5, 5.41) is 0. The fourth-order valence-electron chi connectivity index (χ4n) is 0.306. The van der Waals surface area contributed by atoms with Crippen molar-refractivity contribution in [1.82, 2.24) is 0 Å². The van der Waals surface area contributed by atoms with E-state index in [0.717, 1.165) is 0 Å². The Balaban J connectivity index is 3.80. The van der Waals surface area contributed by atoms with Crippen molar-refractivity contribution in [3.63, 3.8) is 0 Å². The molecule has 1 atom stereocenters. The number of nitrogens with zero attached hydrogens (tertiary/aromatic N) is 2. The lowest BCUT2D eigenvalue weighted by atomic mass is 10.5. The van der Waals surface area contributed by atoms with E-state index in [1.807, 2.05) is 6.92 Å². The SMILES string of the molecule is CC=NCN=C(C)C(=O)P. The molecule has 0 aliphatic carbocycles. The Morgan fingerprint density at radius 2 is 2.30 bits per heavy atom. The highest BCUT2D eigenvalue weighted by atomic mass is 31.0. The standard InChI is InChI=1S/C6H11N2OP/c1-3-7-4-8-5(2)6(9)10/h3H,4,10H2,1-2H3. The van der Waals surface area contributed by atoms with E-state index in [-0.39, 0.29) is 5.52 Å². The monoisotopic (exact) mass is 158 g/mol. The molecular weight excluding hydrogens is 147 g/mol. The highest BCUT2D eigenvalue weighted by Crippen LogP contribution is 1.89. The second-order valence-corrected chi connectivity index (χ2v) is 2.21. The lowest BCUT2D eigenvalue weighted by Crippen LogP contribution is -2.00. The van der Waals surface area contributed by atoms with Crippen LogP contribution in [0.5, 0.6) is 0 Å². The molecule has 3 nitrogen and oxygen atoms in total. The molecule has 0 saturated heterocycles. The maximum atomic E-state index is 10.5. The van der Waals surface area contributed by atoms with E-state index >= 15 is 0 Å². The summed E-state index contributed by atoms with van der Waals surface area (Å²) in [6, 6.07) is 0. The van der Waals surface area contributed by atoms with Crippen LogP contribution in [0.2, 0.25) is 0 Å². The summed E-state index contributed by atoms with van der Waals surface area (Å²) >= 11 is 0. The van der Waals surface area contributed by atoms with Crippen molar-refractivity contribution in [3.8, 4) is 0 Å². The van der Waals surface area contributed by atoms with Gasteiger partial charge in [-0.15, -0.1) is 0 Å². The molecule has 0 N–H and O–H groups in total. The maximum absolute atomic E-state index is 10.5. The Hall–Kier alpha value is -0.560. The molecule has 0 rings (SSSR count). The molecule has 0 saturated carbocycles. The molecule has 0 amide bonds. The number of carbonyl (C=O) groups is 1. The first-order valence-electron chi connectivity index (χ1n) is 2.93. The minimum atomic E-state index is -0.0775. The van der Waals surface area contributed by atoms with Crippen molar-refractivity contribution < 1.29 is 4.79 Å². The van der Waals surface area contributed by atoms with E-state index in [4.69, 9.17) is 0 Å². The van der Waals surface area contributed by atoms with Gasteiger partial charge in [0.25, 0.3) is 0 Å². The summed E-state index contributed by atoms with van der Waals surface area (Å²) in [6.07, 6.45) is 1.66. The Morgan fingerprint density at radius 3 is 2.70 bits per heavy atom. The normalized spacial score (nSPS) is 12.5. The van der Waals surface area contributed by atoms with Crippen LogP contribution in [-0.4, -0.2) is 24.1 Å². The predicted molar refractivity (Wildman–Crippen MR) is 46.9 cm³/mol. The van der Waals surface area contributed by atoms with Crippen molar-refractivity contribution in [2.45, 2.75) is 13.8 Å². The van der Waals surface area contributed by atoms with Gasteiger partial charge in [0.2, 0.25) is 0 Å². The van der Waals surface area contributed by atoms with Crippen molar-refractivity contribution in [1.29, 1.82) is 0 Å². The van der Waals surface area contributed by atoms with E-state index < -0.39 is 0 Å². The minimum absolute atomic E-state index is 0.0775. The Labute approximate surface area is 62.8 Å². The van der Waals surface area contributed by atoms with Crippen molar-refractivity contribution in [3.05, 3.63) is 0 Å². The van der Waals surface area contributed by atoms with E-state index in [1.165, 1.54) is 0 Å². The molecule has 56 valence electrons. The van der Waals surface area contributed by atoms with Gasteiger partial charge in [-0.2, -0.15) is 0 Å². The molecule has 0 heterocycles. The second kappa shape index (κ2) is 5.24. The largest absolute Gasteiger partial charge is 0.288 e. The molecule has 4 heteroatoms. The smallest absolute Gasteiger partial charge is 0.191 e. The molecule has 0 radical (unpaired) electrons. The highest BCUT2D eigenvalue weighted by molar-refractivity contribution is 7.45. The Morgan fingerprint density at radius 1 is 1.70 bits per heavy atom. The average molecular weight is 158 g/mol. The summed E-state index contributed by atoms with van der Waals surface area (Å²) in [4.78, 5) is 18.2. The first-order valence-corrected chi connectivity index (χ1v) is 3.51. The molecule has 0 aromatic carbocycles. The lowest BCUT2D eigenvalue weighted by molar-refractivity contribution is -0.105. The summed E-state index contributed by atoms with van der Waals surface area (Å²) in [6.45, 7) is 3.83. The summed E-state index contributed by atoms with van der Waals surface area (Å²) < 4.78 is 0. The van der Waals surface area contributed by atoms with Crippen LogP contribution in [0.3, 0.4) is 0 Å². The van der Waals surface area contributed by atoms with Gasteiger partial charge in [0, 0.05) is 0 Å². The van der Waals surface area contributed by atoms with Crippen LogP contribution in [0, 0.1) is 0 Å². The van der Waals surface area contributed by atoms with Crippen LogP contribution >= 0.6 is 9.24 Å². The maximum Gasteiger partial charge on any atom is 0.191 e. The van der Waals surface area contributed by atoms with E-state index in [1.54, 1.807) is 13.1 Å². The number of carbonyl (C=O) groups excluding carboxylic acids is 1. The molecule has 0 aromatic heterocycles. The zero-order chi connectivity index (χ0) is 7.98. The molecule has 1 unspecified atom stereocenters. The Kier molecular flexibility index (Phi) is 4.95. The number of hydrogen-bond acceptors (Lipinski definition) is 3. The molecule has 10 heavy (non-hydrogen) atoms. The minimum Gasteiger partial charge on any atom is -0.288 e. The van der Waals surface area contributed by atoms with E-state index in [9.17, 15) is 4.79 Å². The van der Waals surface area contributed by atoms with Gasteiger partial charge in [-0.25, -0.2) is 0 Å². The van der Waals surface area contributed by atoms with Gasteiger partial charge in [-0.3, -0.25) is 14.8 Å². The topological polar surface area (TPSA) is 41.8 Å². The van der Waals surface area contributed by atoms with Crippen LogP contribution < -0.4 is 0 Å². The predicted octanol–water partition coefficient (Wildman–Crippen LogP) is 0.897. The second-order valence-electron chi connectivity index (χ2n) is 1.69. The summed E-state index contributed by atoms with van der Waals surface area (Å²) in [7, 11) is 2.06. The van der Waals surface area contributed by atoms with Crippen molar-refractivity contribution >= 4 is 26.7 Å². The van der Waals surface area contributed by atoms with Crippen LogP contribution in [0.1, 0.15) is 13.8 Å². The molecule has 0 aromatic rings. The first-order chi connectivity index (χ1) is 4.68. The first kappa shape index (κ1) is 9.44. The third kappa shape index (κ3) is 4.33. The molecule has 0 aliphatic heterocycles. The third-order valence-electron chi connectivity index (χ3n) is 0.929. The fraction of sp³-hybridized carbons (Fsp3) is 0.500. The van der Waals surface area contributed by atoms with Gasteiger partial charge in [-0.1, -0.05) is 9.24 Å². The summed E-state index contributed by atoms with van der Waals surface area (Å²) in [5.74, 6) is 0. The van der Waals surface area contributed by atoms with Crippen molar-refractivity contribution in [2.24, 2.45) is 9.98 Å². The number of aliphatic imine (C=N–C) groups is 2. The highest BCUT2D eigenvalue weighted by Gasteiger charge is 1.94. The average Bonchev–Trinajstić information content (AvgIpc) is 1.88. The van der Waals surface area contributed by atoms with Gasteiger partial charge < -0.3 is 0 Å². The van der Waals surface area contributed by atoms with E-state index in [2.05, 4.69) is 19.2 Å². The molecule has 0 fully saturated rings. The van der Waals surface area contributed by atoms with Gasteiger partial charge in [-0.05, 0) is 20.1 Å². The van der Waals surface area contributed by atoms with Gasteiger partial charge in [0.05, 0.1) is 5.71 Å². The fourth-order valence-corrected chi connectivity index (χ4v) is 0.398. The van der Waals surface area contributed by atoms with Crippen molar-refractivity contribution in [2.75, 3.05) is 6.67 Å². The molecule has 0 aliphatic rings. The molecule has 0 bridgehead atoms. The van der Waals surface area contributed by atoms with E-state index in [0.29, 0.717) is 12.4 Å². The molecular formula is C6H11N2OP. The van der Waals surface area contributed by atoms with Crippen LogP contribution in [-0.2, 0) is 4.79 Å². The number of hydrogen-bond donors (Lipinski definition) is 0. The zero-order valence-electron chi connectivity index (χ0n) is 6.16. The van der Waals surface area contributed by atoms with Gasteiger partial charge >= 0.3 is 0 Å². The quantitative estimate of drug-likeness (QED) is 0.444. The van der Waals surface area contributed by atoms with Crippen LogP contribution in [0.15, 0.2) is 9.98 Å². The van der Waals surface area contributed by atoms with Crippen LogP contribution in [0.4, 0.5) is 0 Å². The molecule has 0 spiro atoms. The lowest BCUT2D eigenvalue weighted by Gasteiger charge is -1.89. The number of rotatable bonds is 3. The zero-order valence-corrected chi connectivity index (χ0v) is 7.32. The van der Waals surface area contributed by atoms with Crippen LogP contribution in [0.25, 0.3) is 0 Å². The Bertz CT molecular complexity index is 175.